The van der Waals surface area contributed by atoms with E-state index in [2.05, 4.69) is 46.1 Å². The van der Waals surface area contributed by atoms with Crippen molar-refractivity contribution in [3.63, 3.8) is 0 Å². The van der Waals surface area contributed by atoms with Crippen LogP contribution in [-0.2, 0) is 11.3 Å². The molecule has 28 heavy (non-hydrogen) atoms. The number of rotatable bonds is 9. The molecule has 2 unspecified atom stereocenters. The van der Waals surface area contributed by atoms with Crippen molar-refractivity contribution in [3.05, 3.63) is 53.4 Å². The topological polar surface area (TPSA) is 59.8 Å². The van der Waals surface area contributed by atoms with E-state index < -0.39 is 0 Å². The molecule has 5 nitrogen and oxygen atoms in total. The molecule has 0 aliphatic heterocycles. The summed E-state index contributed by atoms with van der Waals surface area (Å²) in [5.74, 6) is 0.886. The largest absolute Gasteiger partial charge is 0.348 e. The van der Waals surface area contributed by atoms with Crippen LogP contribution in [0.3, 0.4) is 0 Å². The molecule has 1 N–H and O–H groups in total. The fraction of sp³-hybridized carbons (Fsp3) is 0.381. The standard InChI is InChI=1S/C21H26N4OS2/c1-4-10-17(16-11-7-6-8-12-16)22-20(26)15(3)28-21-24-23-19(25(21)5-2)18-13-9-14-27-18/h6-9,11-15,17H,4-5,10H2,1-3H3,(H,22,26). The predicted molar refractivity (Wildman–Crippen MR) is 117 cm³/mol. The van der Waals surface area contributed by atoms with E-state index in [0.29, 0.717) is 0 Å². The molecular formula is C21H26N4OS2. The Kier molecular flexibility index (Phi) is 7.28. The fourth-order valence-corrected chi connectivity index (χ4v) is 4.69. The van der Waals surface area contributed by atoms with Gasteiger partial charge in [0.05, 0.1) is 16.2 Å². The molecule has 2 aromatic heterocycles. The van der Waals surface area contributed by atoms with E-state index in [1.165, 1.54) is 11.8 Å². The zero-order valence-corrected chi connectivity index (χ0v) is 18.1. The quantitative estimate of drug-likeness (QED) is 0.491. The van der Waals surface area contributed by atoms with Gasteiger partial charge in [-0.1, -0.05) is 61.5 Å². The highest BCUT2D eigenvalue weighted by Crippen LogP contribution is 2.29. The van der Waals surface area contributed by atoms with Gasteiger partial charge >= 0.3 is 0 Å². The van der Waals surface area contributed by atoms with E-state index in [-0.39, 0.29) is 17.2 Å². The monoisotopic (exact) mass is 414 g/mol. The lowest BCUT2D eigenvalue weighted by molar-refractivity contribution is -0.121. The van der Waals surface area contributed by atoms with Crippen LogP contribution < -0.4 is 5.32 Å². The number of nitrogens with one attached hydrogen (secondary N) is 1. The minimum Gasteiger partial charge on any atom is -0.348 e. The van der Waals surface area contributed by atoms with Crippen LogP contribution in [0.2, 0.25) is 0 Å². The second-order valence-electron chi connectivity index (χ2n) is 6.55. The van der Waals surface area contributed by atoms with Gasteiger partial charge in [-0.05, 0) is 37.3 Å². The van der Waals surface area contributed by atoms with E-state index in [9.17, 15) is 4.79 Å². The first-order valence-electron chi connectivity index (χ1n) is 9.63. The Labute approximate surface area is 174 Å². The molecule has 0 aliphatic carbocycles. The SMILES string of the molecule is CCCC(NC(=O)C(C)Sc1nnc(-c2cccs2)n1CC)c1ccccc1. The maximum absolute atomic E-state index is 12.9. The second-order valence-corrected chi connectivity index (χ2v) is 8.80. The molecule has 7 heteroatoms. The zero-order chi connectivity index (χ0) is 19.9. The van der Waals surface area contributed by atoms with Crippen LogP contribution >= 0.6 is 23.1 Å². The number of hydrogen-bond donors (Lipinski definition) is 1. The van der Waals surface area contributed by atoms with Gasteiger partial charge in [-0.15, -0.1) is 21.5 Å². The van der Waals surface area contributed by atoms with Gasteiger partial charge in [-0.25, -0.2) is 0 Å². The number of hydrogen-bond acceptors (Lipinski definition) is 5. The summed E-state index contributed by atoms with van der Waals surface area (Å²) >= 11 is 3.10. The Balaban J connectivity index is 1.70. The zero-order valence-electron chi connectivity index (χ0n) is 16.5. The number of amides is 1. The molecule has 0 saturated carbocycles. The highest BCUT2D eigenvalue weighted by atomic mass is 32.2. The summed E-state index contributed by atoms with van der Waals surface area (Å²) in [5, 5.41) is 14.5. The van der Waals surface area contributed by atoms with Gasteiger partial charge in [0.25, 0.3) is 0 Å². The maximum atomic E-state index is 12.9. The van der Waals surface area contributed by atoms with Gasteiger partial charge < -0.3 is 9.88 Å². The Hall–Kier alpha value is -2.12. The maximum Gasteiger partial charge on any atom is 0.233 e. The molecule has 0 spiro atoms. The first-order valence-corrected chi connectivity index (χ1v) is 11.4. The number of thioether (sulfide) groups is 1. The van der Waals surface area contributed by atoms with Crippen LogP contribution in [0, 0.1) is 0 Å². The molecule has 2 heterocycles. The van der Waals surface area contributed by atoms with Crippen LogP contribution in [0.15, 0.2) is 53.0 Å². The predicted octanol–water partition coefficient (Wildman–Crippen LogP) is 5.16. The van der Waals surface area contributed by atoms with Crippen molar-refractivity contribution in [2.45, 2.75) is 56.6 Å². The summed E-state index contributed by atoms with van der Waals surface area (Å²) in [7, 11) is 0. The minimum absolute atomic E-state index is 0.0237. The van der Waals surface area contributed by atoms with Crippen LogP contribution in [0.1, 0.15) is 45.2 Å². The summed E-state index contributed by atoms with van der Waals surface area (Å²) in [6.45, 7) is 6.89. The molecule has 2 atom stereocenters. The van der Waals surface area contributed by atoms with Crippen LogP contribution in [-0.4, -0.2) is 25.9 Å². The van der Waals surface area contributed by atoms with Crippen molar-refractivity contribution in [3.8, 4) is 10.7 Å². The van der Waals surface area contributed by atoms with Crippen molar-refractivity contribution >= 4 is 29.0 Å². The van der Waals surface area contributed by atoms with Gasteiger partial charge in [-0.3, -0.25) is 4.79 Å². The number of benzene rings is 1. The lowest BCUT2D eigenvalue weighted by Gasteiger charge is -2.21. The van der Waals surface area contributed by atoms with Gasteiger partial charge in [0.2, 0.25) is 5.91 Å². The molecule has 0 fully saturated rings. The molecule has 0 saturated heterocycles. The molecule has 0 radical (unpaired) electrons. The Bertz CT molecular complexity index is 877. The number of carbonyl (C=O) groups is 1. The third-order valence-corrected chi connectivity index (χ3v) is 6.47. The van der Waals surface area contributed by atoms with Crippen molar-refractivity contribution in [1.82, 2.24) is 20.1 Å². The van der Waals surface area contributed by atoms with Gasteiger partial charge in [0.1, 0.15) is 0 Å². The fourth-order valence-electron chi connectivity index (χ4n) is 3.05. The average Bonchev–Trinajstić information content (AvgIpc) is 3.37. The molecule has 1 aromatic carbocycles. The molecule has 0 bridgehead atoms. The summed E-state index contributed by atoms with van der Waals surface area (Å²) in [4.78, 5) is 13.9. The first kappa shape index (κ1) is 20.6. The van der Waals surface area contributed by atoms with Crippen LogP contribution in [0.25, 0.3) is 10.7 Å². The van der Waals surface area contributed by atoms with Crippen molar-refractivity contribution in [2.24, 2.45) is 0 Å². The number of thiophene rings is 1. The Morgan fingerprint density at radius 1 is 1.18 bits per heavy atom. The van der Waals surface area contributed by atoms with Gasteiger partial charge in [-0.2, -0.15) is 0 Å². The third kappa shape index (κ3) is 4.83. The van der Waals surface area contributed by atoms with Gasteiger partial charge in [0, 0.05) is 6.54 Å². The molecule has 3 rings (SSSR count). The van der Waals surface area contributed by atoms with Crippen molar-refractivity contribution in [2.75, 3.05) is 0 Å². The van der Waals surface area contributed by atoms with Gasteiger partial charge in [0.15, 0.2) is 11.0 Å². The summed E-state index contributed by atoms with van der Waals surface area (Å²) < 4.78 is 2.07. The highest BCUT2D eigenvalue weighted by Gasteiger charge is 2.23. The lowest BCUT2D eigenvalue weighted by Crippen LogP contribution is -2.34. The molecule has 0 aliphatic rings. The number of nitrogens with zero attached hydrogens (tertiary/aromatic N) is 3. The first-order chi connectivity index (χ1) is 13.6. The van der Waals surface area contributed by atoms with Crippen LogP contribution in [0.5, 0.6) is 0 Å². The van der Waals surface area contributed by atoms with E-state index in [0.717, 1.165) is 40.8 Å². The number of carbonyl (C=O) groups excluding carboxylic acids is 1. The van der Waals surface area contributed by atoms with Crippen LogP contribution in [0.4, 0.5) is 0 Å². The average molecular weight is 415 g/mol. The van der Waals surface area contributed by atoms with E-state index in [4.69, 9.17) is 0 Å². The molecule has 148 valence electrons. The highest BCUT2D eigenvalue weighted by molar-refractivity contribution is 8.00. The Morgan fingerprint density at radius 3 is 2.61 bits per heavy atom. The summed E-state index contributed by atoms with van der Waals surface area (Å²) in [5.41, 5.74) is 1.15. The second kappa shape index (κ2) is 9.89. The van der Waals surface area contributed by atoms with Crippen molar-refractivity contribution in [1.29, 1.82) is 0 Å². The summed E-state index contributed by atoms with van der Waals surface area (Å²) in [6, 6.07) is 14.2. The number of aromatic nitrogens is 3. The molecule has 1 amide bonds. The summed E-state index contributed by atoms with van der Waals surface area (Å²) in [6.07, 6.45) is 1.93. The smallest absolute Gasteiger partial charge is 0.233 e. The molecular weight excluding hydrogens is 388 g/mol. The van der Waals surface area contributed by atoms with E-state index in [1.807, 2.05) is 42.6 Å². The lowest BCUT2D eigenvalue weighted by atomic mass is 10.0. The normalized spacial score (nSPS) is 13.2. The van der Waals surface area contributed by atoms with Crippen molar-refractivity contribution < 1.29 is 4.79 Å². The third-order valence-electron chi connectivity index (χ3n) is 4.52. The van der Waals surface area contributed by atoms with E-state index >= 15 is 0 Å². The van der Waals surface area contributed by atoms with E-state index in [1.54, 1.807) is 11.3 Å². The molecule has 3 aromatic rings. The Morgan fingerprint density at radius 2 is 1.96 bits per heavy atom. The minimum atomic E-state index is -0.256.